The van der Waals surface area contributed by atoms with E-state index in [0.29, 0.717) is 11.1 Å². The SMILES string of the molecule is CCCCNC(=S)Nc1nccc(-c2cccs2)n1. The molecule has 0 amide bonds. The Kier molecular flexibility index (Phi) is 5.23. The van der Waals surface area contributed by atoms with E-state index >= 15 is 0 Å². The van der Waals surface area contributed by atoms with E-state index in [-0.39, 0.29) is 0 Å². The zero-order valence-electron chi connectivity index (χ0n) is 10.7. The van der Waals surface area contributed by atoms with E-state index in [0.717, 1.165) is 30.0 Å². The monoisotopic (exact) mass is 292 g/mol. The molecule has 0 bridgehead atoms. The molecule has 0 aliphatic carbocycles. The van der Waals surface area contributed by atoms with Gasteiger partial charge in [0.05, 0.1) is 10.6 Å². The zero-order valence-corrected chi connectivity index (χ0v) is 12.4. The van der Waals surface area contributed by atoms with E-state index in [9.17, 15) is 0 Å². The van der Waals surface area contributed by atoms with Gasteiger partial charge in [0.15, 0.2) is 5.11 Å². The first-order valence-corrected chi connectivity index (χ1v) is 7.50. The van der Waals surface area contributed by atoms with Crippen LogP contribution < -0.4 is 10.6 Å². The van der Waals surface area contributed by atoms with Crippen LogP contribution in [0.2, 0.25) is 0 Å². The molecule has 0 saturated carbocycles. The molecule has 0 aliphatic rings. The Morgan fingerprint density at radius 2 is 2.32 bits per heavy atom. The van der Waals surface area contributed by atoms with Crippen molar-refractivity contribution in [2.75, 3.05) is 11.9 Å². The van der Waals surface area contributed by atoms with Gasteiger partial charge >= 0.3 is 0 Å². The fraction of sp³-hybridized carbons (Fsp3) is 0.308. The second kappa shape index (κ2) is 7.16. The predicted octanol–water partition coefficient (Wildman–Crippen LogP) is 3.29. The van der Waals surface area contributed by atoms with Crippen LogP contribution >= 0.6 is 23.6 Å². The fourth-order valence-corrected chi connectivity index (χ4v) is 2.39. The quantitative estimate of drug-likeness (QED) is 0.654. The highest BCUT2D eigenvalue weighted by molar-refractivity contribution is 7.80. The molecule has 0 fully saturated rings. The van der Waals surface area contributed by atoms with Crippen LogP contribution in [0, 0.1) is 0 Å². The van der Waals surface area contributed by atoms with Crippen LogP contribution in [0.1, 0.15) is 19.8 Å². The summed E-state index contributed by atoms with van der Waals surface area (Å²) in [7, 11) is 0. The summed E-state index contributed by atoms with van der Waals surface area (Å²) in [5, 5.41) is 8.73. The van der Waals surface area contributed by atoms with Crippen molar-refractivity contribution in [2.24, 2.45) is 0 Å². The third kappa shape index (κ3) is 4.25. The summed E-state index contributed by atoms with van der Waals surface area (Å²) in [5.41, 5.74) is 0.906. The minimum absolute atomic E-state index is 0.528. The van der Waals surface area contributed by atoms with E-state index in [1.165, 1.54) is 0 Å². The van der Waals surface area contributed by atoms with E-state index in [2.05, 4.69) is 27.5 Å². The van der Waals surface area contributed by atoms with Crippen LogP contribution in [-0.2, 0) is 0 Å². The number of anilines is 1. The number of hydrogen-bond acceptors (Lipinski definition) is 4. The van der Waals surface area contributed by atoms with E-state index in [1.54, 1.807) is 17.5 Å². The van der Waals surface area contributed by atoms with Crippen LogP contribution in [0.4, 0.5) is 5.95 Å². The lowest BCUT2D eigenvalue weighted by Crippen LogP contribution is -2.29. The van der Waals surface area contributed by atoms with Crippen molar-refractivity contribution in [3.8, 4) is 10.6 Å². The van der Waals surface area contributed by atoms with Crippen LogP contribution in [0.5, 0.6) is 0 Å². The van der Waals surface area contributed by atoms with Crippen LogP contribution in [0.25, 0.3) is 10.6 Å². The molecule has 2 aromatic heterocycles. The van der Waals surface area contributed by atoms with E-state index in [1.807, 2.05) is 23.6 Å². The van der Waals surface area contributed by atoms with Gasteiger partial charge in [0, 0.05) is 12.7 Å². The van der Waals surface area contributed by atoms with Crippen molar-refractivity contribution in [1.82, 2.24) is 15.3 Å². The van der Waals surface area contributed by atoms with Crippen LogP contribution in [0.3, 0.4) is 0 Å². The first-order valence-electron chi connectivity index (χ1n) is 6.21. The highest BCUT2D eigenvalue weighted by atomic mass is 32.1. The molecule has 100 valence electrons. The van der Waals surface area contributed by atoms with Gasteiger partial charge in [-0.25, -0.2) is 9.97 Å². The number of thiocarbonyl (C=S) groups is 1. The first kappa shape index (κ1) is 13.9. The van der Waals surface area contributed by atoms with Gasteiger partial charge in [-0.15, -0.1) is 11.3 Å². The number of nitrogens with one attached hydrogen (secondary N) is 2. The Morgan fingerprint density at radius 1 is 1.42 bits per heavy atom. The predicted molar refractivity (Wildman–Crippen MR) is 84.5 cm³/mol. The number of hydrogen-bond donors (Lipinski definition) is 2. The largest absolute Gasteiger partial charge is 0.362 e. The zero-order chi connectivity index (χ0) is 13.5. The maximum atomic E-state index is 5.19. The molecular weight excluding hydrogens is 276 g/mol. The van der Waals surface area contributed by atoms with Gasteiger partial charge in [0.1, 0.15) is 0 Å². The summed E-state index contributed by atoms with van der Waals surface area (Å²) in [4.78, 5) is 9.74. The Balaban J connectivity index is 1.97. The van der Waals surface area contributed by atoms with Gasteiger partial charge in [0.2, 0.25) is 5.95 Å². The summed E-state index contributed by atoms with van der Waals surface area (Å²) in [6.07, 6.45) is 3.97. The first-order chi connectivity index (χ1) is 9.29. The Labute approximate surface area is 122 Å². The van der Waals surface area contributed by atoms with Crippen molar-refractivity contribution in [1.29, 1.82) is 0 Å². The maximum absolute atomic E-state index is 5.19. The summed E-state index contributed by atoms with van der Waals surface area (Å²) < 4.78 is 0. The summed E-state index contributed by atoms with van der Waals surface area (Å²) in [5.74, 6) is 0.528. The number of aromatic nitrogens is 2. The lowest BCUT2D eigenvalue weighted by Gasteiger charge is -2.09. The smallest absolute Gasteiger partial charge is 0.229 e. The van der Waals surface area contributed by atoms with Crippen molar-refractivity contribution < 1.29 is 0 Å². The molecule has 0 aromatic carbocycles. The molecular formula is C13H16N4S2. The van der Waals surface area contributed by atoms with E-state index in [4.69, 9.17) is 12.2 Å². The molecule has 0 saturated heterocycles. The molecule has 0 aliphatic heterocycles. The number of rotatable bonds is 5. The Hall–Kier alpha value is -1.53. The van der Waals surface area contributed by atoms with Crippen LogP contribution in [0.15, 0.2) is 29.8 Å². The minimum atomic E-state index is 0.528. The highest BCUT2D eigenvalue weighted by Gasteiger charge is 2.04. The number of nitrogens with zero attached hydrogens (tertiary/aromatic N) is 2. The third-order valence-electron chi connectivity index (χ3n) is 2.47. The summed E-state index contributed by atoms with van der Waals surface area (Å²) >= 11 is 6.85. The summed E-state index contributed by atoms with van der Waals surface area (Å²) in [6.45, 7) is 3.01. The molecule has 0 spiro atoms. The molecule has 6 heteroatoms. The van der Waals surface area contributed by atoms with Gasteiger partial charge in [-0.1, -0.05) is 19.4 Å². The molecule has 2 aromatic rings. The fourth-order valence-electron chi connectivity index (χ4n) is 1.50. The molecule has 2 heterocycles. The third-order valence-corrected chi connectivity index (χ3v) is 3.61. The topological polar surface area (TPSA) is 49.8 Å². The van der Waals surface area contributed by atoms with Gasteiger partial charge < -0.3 is 10.6 Å². The molecule has 2 rings (SSSR count). The second-order valence-corrected chi connectivity index (χ2v) is 5.33. The Morgan fingerprint density at radius 3 is 3.05 bits per heavy atom. The van der Waals surface area contributed by atoms with E-state index < -0.39 is 0 Å². The average molecular weight is 292 g/mol. The second-order valence-electron chi connectivity index (χ2n) is 3.98. The van der Waals surface area contributed by atoms with Crippen LogP contribution in [-0.4, -0.2) is 21.6 Å². The van der Waals surface area contributed by atoms with Gasteiger partial charge in [-0.2, -0.15) is 0 Å². The average Bonchev–Trinajstić information content (AvgIpc) is 2.93. The molecule has 4 nitrogen and oxygen atoms in total. The molecule has 0 unspecified atom stereocenters. The lowest BCUT2D eigenvalue weighted by atomic mass is 10.3. The van der Waals surface area contributed by atoms with Gasteiger partial charge in [-0.3, -0.25) is 0 Å². The lowest BCUT2D eigenvalue weighted by molar-refractivity contribution is 0.758. The van der Waals surface area contributed by atoms with Gasteiger partial charge in [0.25, 0.3) is 0 Å². The normalized spacial score (nSPS) is 10.2. The van der Waals surface area contributed by atoms with Crippen molar-refractivity contribution >= 4 is 34.6 Å². The van der Waals surface area contributed by atoms with Crippen molar-refractivity contribution in [2.45, 2.75) is 19.8 Å². The van der Waals surface area contributed by atoms with Crippen molar-refractivity contribution in [3.05, 3.63) is 29.8 Å². The summed E-state index contributed by atoms with van der Waals surface area (Å²) in [6, 6.07) is 5.94. The molecule has 0 radical (unpaired) electrons. The maximum Gasteiger partial charge on any atom is 0.229 e. The number of thiophene rings is 1. The standard InChI is InChI=1S/C13H16N4S2/c1-2-3-7-15-13(18)17-12-14-8-6-10(16-12)11-5-4-9-19-11/h4-6,8-9H,2-3,7H2,1H3,(H2,14,15,16,17,18). The number of unbranched alkanes of at least 4 members (excludes halogenated alkanes) is 1. The molecule has 19 heavy (non-hydrogen) atoms. The Bertz CT molecular complexity index is 525. The highest BCUT2D eigenvalue weighted by Crippen LogP contribution is 2.22. The van der Waals surface area contributed by atoms with Gasteiger partial charge in [-0.05, 0) is 36.2 Å². The molecule has 0 atom stereocenters. The minimum Gasteiger partial charge on any atom is -0.362 e. The molecule has 2 N–H and O–H groups in total. The van der Waals surface area contributed by atoms with Crippen molar-refractivity contribution in [3.63, 3.8) is 0 Å².